The molecule has 120 valence electrons. The summed E-state index contributed by atoms with van der Waals surface area (Å²) in [5.74, 6) is 0.303. The van der Waals surface area contributed by atoms with Crippen molar-refractivity contribution in [3.63, 3.8) is 0 Å². The van der Waals surface area contributed by atoms with Gasteiger partial charge in [-0.3, -0.25) is 0 Å². The van der Waals surface area contributed by atoms with E-state index < -0.39 is 18.3 Å². The summed E-state index contributed by atoms with van der Waals surface area (Å²) < 4.78 is 26.5. The summed E-state index contributed by atoms with van der Waals surface area (Å²) in [6.45, 7) is 7.95. The van der Waals surface area contributed by atoms with Crippen molar-refractivity contribution in [2.75, 3.05) is 0 Å². The smallest absolute Gasteiger partial charge is 0.399 e. The number of hydrogen-bond donors (Lipinski definition) is 0. The highest BCUT2D eigenvalue weighted by molar-refractivity contribution is 6.62. The van der Waals surface area contributed by atoms with Gasteiger partial charge in [-0.15, -0.1) is 0 Å². The molecular weight excluding hydrogens is 278 g/mol. The number of halogens is 1. The summed E-state index contributed by atoms with van der Waals surface area (Å²) in [5.41, 5.74) is 0.758. The predicted molar refractivity (Wildman–Crippen MR) is 87.9 cm³/mol. The van der Waals surface area contributed by atoms with E-state index in [0.29, 0.717) is 11.4 Å². The monoisotopic (exact) mass is 304 g/mol. The first kappa shape index (κ1) is 16.0. The van der Waals surface area contributed by atoms with Gasteiger partial charge >= 0.3 is 7.12 Å². The number of hydrogen-bond acceptors (Lipinski definition) is 2. The van der Waals surface area contributed by atoms with Gasteiger partial charge < -0.3 is 9.31 Å². The second kappa shape index (κ2) is 5.65. The molecule has 2 nitrogen and oxygen atoms in total. The van der Waals surface area contributed by atoms with Crippen LogP contribution >= 0.6 is 0 Å². The van der Waals surface area contributed by atoms with Crippen molar-refractivity contribution >= 4 is 12.6 Å². The molecule has 3 rings (SSSR count). The van der Waals surface area contributed by atoms with Crippen molar-refractivity contribution in [3.8, 4) is 0 Å². The maximum atomic E-state index is 14.6. The quantitative estimate of drug-likeness (QED) is 0.763. The molecule has 2 fully saturated rings. The fourth-order valence-electron chi connectivity index (χ4n) is 3.39. The lowest BCUT2D eigenvalue weighted by molar-refractivity contribution is 0.00578. The predicted octanol–water partition coefficient (Wildman–Crippen LogP) is 4.17. The Labute approximate surface area is 133 Å². The van der Waals surface area contributed by atoms with E-state index in [2.05, 4.69) is 6.07 Å². The second-order valence-electron chi connectivity index (χ2n) is 7.70. The van der Waals surface area contributed by atoms with Gasteiger partial charge in [-0.25, -0.2) is 4.39 Å². The van der Waals surface area contributed by atoms with Crippen molar-refractivity contribution in [1.29, 1.82) is 0 Å². The van der Waals surface area contributed by atoms with Crippen LogP contribution in [-0.2, 0) is 9.31 Å². The Morgan fingerprint density at radius 3 is 2.14 bits per heavy atom. The zero-order chi connectivity index (χ0) is 16.0. The van der Waals surface area contributed by atoms with Crippen LogP contribution in [0, 0.1) is 5.82 Å². The molecule has 1 aromatic rings. The molecule has 0 spiro atoms. The van der Waals surface area contributed by atoms with Gasteiger partial charge in [0.05, 0.1) is 11.2 Å². The molecule has 1 aliphatic heterocycles. The van der Waals surface area contributed by atoms with Crippen molar-refractivity contribution in [1.82, 2.24) is 0 Å². The van der Waals surface area contributed by atoms with Crippen LogP contribution in [0.15, 0.2) is 18.2 Å². The molecule has 0 amide bonds. The van der Waals surface area contributed by atoms with Crippen LogP contribution < -0.4 is 5.46 Å². The van der Waals surface area contributed by atoms with Gasteiger partial charge in [0.15, 0.2) is 0 Å². The van der Waals surface area contributed by atoms with Crippen LogP contribution in [0.5, 0.6) is 0 Å². The Bertz CT molecular complexity index is 534. The van der Waals surface area contributed by atoms with Crippen LogP contribution in [0.25, 0.3) is 0 Å². The zero-order valence-corrected chi connectivity index (χ0v) is 14.1. The fourth-order valence-corrected chi connectivity index (χ4v) is 3.39. The van der Waals surface area contributed by atoms with E-state index in [4.69, 9.17) is 9.31 Å². The van der Waals surface area contributed by atoms with Gasteiger partial charge in [-0.2, -0.15) is 0 Å². The lowest BCUT2D eigenvalue weighted by Gasteiger charge is -2.32. The van der Waals surface area contributed by atoms with E-state index in [0.717, 1.165) is 5.56 Å². The molecule has 0 bridgehead atoms. The van der Waals surface area contributed by atoms with Crippen molar-refractivity contribution in [2.45, 2.75) is 76.9 Å². The molecule has 2 aliphatic rings. The molecule has 1 aromatic carbocycles. The van der Waals surface area contributed by atoms with Crippen molar-refractivity contribution in [2.24, 2.45) is 0 Å². The Morgan fingerprint density at radius 2 is 1.59 bits per heavy atom. The normalized spacial score (nSPS) is 24.7. The van der Waals surface area contributed by atoms with Crippen LogP contribution in [0.4, 0.5) is 4.39 Å². The molecular formula is C18H26BFO2. The molecule has 0 radical (unpaired) electrons. The Morgan fingerprint density at radius 1 is 1.00 bits per heavy atom. The third-order valence-electron chi connectivity index (χ3n) is 5.61. The van der Waals surface area contributed by atoms with Gasteiger partial charge in [-0.1, -0.05) is 31.4 Å². The van der Waals surface area contributed by atoms with Gasteiger partial charge in [-0.05, 0) is 58.1 Å². The SMILES string of the molecule is CC1(C)OB(c2ccc(C3CCCCC3)cc2F)OC1(C)C. The molecule has 0 atom stereocenters. The molecule has 0 aromatic heterocycles. The molecule has 1 saturated heterocycles. The van der Waals surface area contributed by atoms with Gasteiger partial charge in [0, 0.05) is 5.46 Å². The molecule has 1 saturated carbocycles. The maximum absolute atomic E-state index is 14.6. The molecule has 1 heterocycles. The molecule has 0 unspecified atom stereocenters. The third kappa shape index (κ3) is 2.83. The van der Waals surface area contributed by atoms with E-state index in [9.17, 15) is 4.39 Å². The number of rotatable bonds is 2. The second-order valence-corrected chi connectivity index (χ2v) is 7.70. The highest BCUT2D eigenvalue weighted by atomic mass is 19.1. The first-order chi connectivity index (χ1) is 10.3. The van der Waals surface area contributed by atoms with Gasteiger partial charge in [0.2, 0.25) is 0 Å². The summed E-state index contributed by atoms with van der Waals surface area (Å²) >= 11 is 0. The summed E-state index contributed by atoms with van der Waals surface area (Å²) in [5, 5.41) is 0. The topological polar surface area (TPSA) is 18.5 Å². The average molecular weight is 304 g/mol. The first-order valence-electron chi connectivity index (χ1n) is 8.45. The van der Waals surface area contributed by atoms with E-state index in [-0.39, 0.29) is 5.82 Å². The molecule has 1 aliphatic carbocycles. The van der Waals surface area contributed by atoms with Crippen LogP contribution in [0.1, 0.15) is 71.3 Å². The lowest BCUT2D eigenvalue weighted by Crippen LogP contribution is -2.41. The molecule has 22 heavy (non-hydrogen) atoms. The molecule has 4 heteroatoms. The minimum atomic E-state index is -0.620. The largest absolute Gasteiger partial charge is 0.497 e. The summed E-state index contributed by atoms with van der Waals surface area (Å²) in [4.78, 5) is 0. The third-order valence-corrected chi connectivity index (χ3v) is 5.61. The van der Waals surface area contributed by atoms with Crippen LogP contribution in [0.2, 0.25) is 0 Å². The Balaban J connectivity index is 1.81. The Kier molecular flexibility index (Phi) is 4.11. The van der Waals surface area contributed by atoms with Gasteiger partial charge in [0.25, 0.3) is 0 Å². The molecule has 0 N–H and O–H groups in total. The summed E-state index contributed by atoms with van der Waals surface area (Å²) in [6, 6.07) is 5.59. The van der Waals surface area contributed by atoms with E-state index in [1.54, 1.807) is 6.07 Å². The van der Waals surface area contributed by atoms with E-state index in [1.807, 2.05) is 33.8 Å². The summed E-state index contributed by atoms with van der Waals surface area (Å²) in [7, 11) is -0.620. The first-order valence-corrected chi connectivity index (χ1v) is 8.45. The van der Waals surface area contributed by atoms with E-state index in [1.165, 1.54) is 32.1 Å². The van der Waals surface area contributed by atoms with Crippen LogP contribution in [0.3, 0.4) is 0 Å². The number of benzene rings is 1. The minimum absolute atomic E-state index is 0.207. The highest BCUT2D eigenvalue weighted by Gasteiger charge is 2.52. The minimum Gasteiger partial charge on any atom is -0.399 e. The van der Waals surface area contributed by atoms with Gasteiger partial charge in [0.1, 0.15) is 5.82 Å². The summed E-state index contributed by atoms with van der Waals surface area (Å²) in [6.07, 6.45) is 6.17. The average Bonchev–Trinajstić information content (AvgIpc) is 2.68. The maximum Gasteiger partial charge on any atom is 0.497 e. The standard InChI is InChI=1S/C18H26BFO2/c1-17(2)18(3,4)22-19(21-17)15-11-10-14(12-16(15)20)13-8-6-5-7-9-13/h10-13H,5-9H2,1-4H3. The zero-order valence-electron chi connectivity index (χ0n) is 14.1. The van der Waals surface area contributed by atoms with Crippen molar-refractivity contribution in [3.05, 3.63) is 29.6 Å². The van der Waals surface area contributed by atoms with Crippen LogP contribution in [-0.4, -0.2) is 18.3 Å². The van der Waals surface area contributed by atoms with E-state index >= 15 is 0 Å². The fraction of sp³-hybridized carbons (Fsp3) is 0.667. The highest BCUT2D eigenvalue weighted by Crippen LogP contribution is 2.37. The Hall–Kier alpha value is -0.865. The van der Waals surface area contributed by atoms with Crippen molar-refractivity contribution < 1.29 is 13.7 Å². The lowest BCUT2D eigenvalue weighted by atomic mass is 9.76.